The number of rotatable bonds is 15. The molecule has 0 aromatic heterocycles. The van der Waals surface area contributed by atoms with Crippen molar-refractivity contribution in [1.29, 1.82) is 0 Å². The third-order valence-corrected chi connectivity index (χ3v) is 4.86. The van der Waals surface area contributed by atoms with Crippen molar-refractivity contribution in [2.45, 2.75) is 105 Å². The van der Waals surface area contributed by atoms with Gasteiger partial charge in [0, 0.05) is 18.6 Å². The van der Waals surface area contributed by atoms with E-state index in [0.29, 0.717) is 13.2 Å². The van der Waals surface area contributed by atoms with Gasteiger partial charge in [0.1, 0.15) is 0 Å². The van der Waals surface area contributed by atoms with Gasteiger partial charge in [-0.15, -0.1) is 0 Å². The van der Waals surface area contributed by atoms with Crippen LogP contribution in [0.1, 0.15) is 99.3 Å². The van der Waals surface area contributed by atoms with Gasteiger partial charge in [-0.2, -0.15) is 0 Å². The standard InChI is InChI=1S/C21H42O2/c1-7-12-14-15-16-17-19-20(6,18-13-8-2)21(9-3,22-10-4)23-11-5/h13,18H,7-12,14-17,19H2,1-6H3. The van der Waals surface area contributed by atoms with Crippen molar-refractivity contribution in [3.05, 3.63) is 12.2 Å². The summed E-state index contributed by atoms with van der Waals surface area (Å²) >= 11 is 0. The van der Waals surface area contributed by atoms with Gasteiger partial charge in [-0.1, -0.05) is 78.4 Å². The van der Waals surface area contributed by atoms with Crippen LogP contribution < -0.4 is 0 Å². The van der Waals surface area contributed by atoms with Gasteiger partial charge in [0.05, 0.1) is 0 Å². The van der Waals surface area contributed by atoms with Crippen molar-refractivity contribution in [3.8, 4) is 0 Å². The second-order valence-electron chi connectivity index (χ2n) is 6.72. The van der Waals surface area contributed by atoms with E-state index in [-0.39, 0.29) is 5.41 Å². The smallest absolute Gasteiger partial charge is 0.176 e. The Balaban J connectivity index is 4.98. The maximum absolute atomic E-state index is 6.20. The van der Waals surface area contributed by atoms with Gasteiger partial charge in [-0.3, -0.25) is 0 Å². The van der Waals surface area contributed by atoms with Crippen molar-refractivity contribution in [2.75, 3.05) is 13.2 Å². The van der Waals surface area contributed by atoms with Crippen LogP contribution in [0.2, 0.25) is 0 Å². The first-order valence-corrected chi connectivity index (χ1v) is 10.0. The second-order valence-corrected chi connectivity index (χ2v) is 6.72. The van der Waals surface area contributed by atoms with E-state index in [1.807, 2.05) is 0 Å². The molecule has 0 aliphatic heterocycles. The normalized spacial score (nSPS) is 15.2. The monoisotopic (exact) mass is 326 g/mol. The van der Waals surface area contributed by atoms with Crippen molar-refractivity contribution in [3.63, 3.8) is 0 Å². The van der Waals surface area contributed by atoms with Crippen molar-refractivity contribution in [2.24, 2.45) is 5.41 Å². The molecule has 0 bridgehead atoms. The fourth-order valence-corrected chi connectivity index (χ4v) is 3.50. The molecule has 0 aliphatic rings. The third-order valence-electron chi connectivity index (χ3n) is 4.86. The summed E-state index contributed by atoms with van der Waals surface area (Å²) in [6, 6.07) is 0. The Morgan fingerprint density at radius 2 is 1.35 bits per heavy atom. The highest BCUT2D eigenvalue weighted by molar-refractivity contribution is 5.05. The Kier molecular flexibility index (Phi) is 12.8. The highest BCUT2D eigenvalue weighted by atomic mass is 16.7. The van der Waals surface area contributed by atoms with Gasteiger partial charge in [0.2, 0.25) is 0 Å². The minimum atomic E-state index is -0.494. The molecule has 0 heterocycles. The first-order valence-electron chi connectivity index (χ1n) is 10.0. The maximum Gasteiger partial charge on any atom is 0.176 e. The summed E-state index contributed by atoms with van der Waals surface area (Å²) in [4.78, 5) is 0. The quantitative estimate of drug-likeness (QED) is 0.185. The first-order chi connectivity index (χ1) is 11.1. The van der Waals surface area contributed by atoms with E-state index in [0.717, 1.165) is 19.3 Å². The van der Waals surface area contributed by atoms with Gasteiger partial charge >= 0.3 is 0 Å². The molecule has 1 atom stereocenters. The fourth-order valence-electron chi connectivity index (χ4n) is 3.50. The van der Waals surface area contributed by atoms with E-state index >= 15 is 0 Å². The van der Waals surface area contributed by atoms with Crippen LogP contribution in [0.25, 0.3) is 0 Å². The second kappa shape index (κ2) is 13.0. The Hall–Kier alpha value is -0.340. The van der Waals surface area contributed by atoms with E-state index in [4.69, 9.17) is 9.47 Å². The third kappa shape index (κ3) is 7.39. The van der Waals surface area contributed by atoms with Crippen LogP contribution in [0.3, 0.4) is 0 Å². The van der Waals surface area contributed by atoms with Gasteiger partial charge in [-0.05, 0) is 33.1 Å². The molecule has 0 radical (unpaired) electrons. The summed E-state index contributed by atoms with van der Waals surface area (Å²) < 4.78 is 12.4. The predicted octanol–water partition coefficient (Wildman–Crippen LogP) is 6.89. The van der Waals surface area contributed by atoms with Crippen LogP contribution >= 0.6 is 0 Å². The van der Waals surface area contributed by atoms with E-state index < -0.39 is 5.79 Å². The summed E-state index contributed by atoms with van der Waals surface area (Å²) in [7, 11) is 0. The molecule has 2 nitrogen and oxygen atoms in total. The van der Waals surface area contributed by atoms with Crippen molar-refractivity contribution < 1.29 is 9.47 Å². The zero-order chi connectivity index (χ0) is 17.6. The van der Waals surface area contributed by atoms with Crippen LogP contribution in [0.15, 0.2) is 12.2 Å². The molecule has 0 saturated carbocycles. The number of allylic oxidation sites excluding steroid dienone is 1. The topological polar surface area (TPSA) is 18.5 Å². The van der Waals surface area contributed by atoms with Gasteiger partial charge < -0.3 is 9.47 Å². The summed E-state index contributed by atoms with van der Waals surface area (Å²) in [6.45, 7) is 14.5. The molecule has 0 aromatic carbocycles. The average Bonchev–Trinajstić information content (AvgIpc) is 2.55. The molecule has 0 aliphatic carbocycles. The molecule has 0 fully saturated rings. The lowest BCUT2D eigenvalue weighted by Crippen LogP contribution is -2.50. The van der Waals surface area contributed by atoms with E-state index in [9.17, 15) is 0 Å². The molecule has 0 N–H and O–H groups in total. The maximum atomic E-state index is 6.20. The van der Waals surface area contributed by atoms with E-state index in [1.54, 1.807) is 0 Å². The van der Waals surface area contributed by atoms with Gasteiger partial charge in [0.25, 0.3) is 0 Å². The SMILES string of the molecule is CCC=CC(C)(CCCCCCCC)C(CC)(OCC)OCC. The van der Waals surface area contributed by atoms with E-state index in [2.05, 4.69) is 53.7 Å². The Morgan fingerprint density at radius 1 is 0.783 bits per heavy atom. The van der Waals surface area contributed by atoms with Crippen LogP contribution in [-0.4, -0.2) is 19.0 Å². The number of hydrogen-bond acceptors (Lipinski definition) is 2. The Morgan fingerprint density at radius 3 is 1.83 bits per heavy atom. The number of ether oxygens (including phenoxy) is 2. The molecule has 2 heteroatoms. The zero-order valence-corrected chi connectivity index (χ0v) is 16.7. The molecular weight excluding hydrogens is 284 g/mol. The summed E-state index contributed by atoms with van der Waals surface area (Å²) in [6.07, 6.45) is 15.7. The molecular formula is C21H42O2. The predicted molar refractivity (Wildman–Crippen MR) is 102 cm³/mol. The zero-order valence-electron chi connectivity index (χ0n) is 16.7. The summed E-state index contributed by atoms with van der Waals surface area (Å²) in [5, 5.41) is 0. The van der Waals surface area contributed by atoms with Gasteiger partial charge in [-0.25, -0.2) is 0 Å². The highest BCUT2D eigenvalue weighted by Crippen LogP contribution is 2.44. The average molecular weight is 327 g/mol. The molecule has 0 spiro atoms. The molecule has 0 saturated heterocycles. The van der Waals surface area contributed by atoms with E-state index in [1.165, 1.54) is 38.5 Å². The van der Waals surface area contributed by atoms with Crippen LogP contribution in [0.5, 0.6) is 0 Å². The largest absolute Gasteiger partial charge is 0.349 e. The molecule has 138 valence electrons. The molecule has 0 amide bonds. The van der Waals surface area contributed by atoms with Crippen LogP contribution in [0, 0.1) is 5.41 Å². The van der Waals surface area contributed by atoms with Crippen molar-refractivity contribution >= 4 is 0 Å². The Bertz CT molecular complexity index is 292. The first kappa shape index (κ1) is 22.7. The lowest BCUT2D eigenvalue weighted by Gasteiger charge is -2.46. The summed E-state index contributed by atoms with van der Waals surface area (Å²) in [5.74, 6) is -0.494. The minimum Gasteiger partial charge on any atom is -0.349 e. The number of hydrogen-bond donors (Lipinski definition) is 0. The fraction of sp³-hybridized carbons (Fsp3) is 0.905. The van der Waals surface area contributed by atoms with Crippen LogP contribution in [0.4, 0.5) is 0 Å². The van der Waals surface area contributed by atoms with Gasteiger partial charge in [0.15, 0.2) is 5.79 Å². The molecule has 1 unspecified atom stereocenters. The molecule has 23 heavy (non-hydrogen) atoms. The van der Waals surface area contributed by atoms with Crippen molar-refractivity contribution in [1.82, 2.24) is 0 Å². The highest BCUT2D eigenvalue weighted by Gasteiger charge is 2.46. The minimum absolute atomic E-state index is 0.0610. The summed E-state index contributed by atoms with van der Waals surface area (Å²) in [5.41, 5.74) is -0.0610. The van der Waals surface area contributed by atoms with Crippen LogP contribution in [-0.2, 0) is 9.47 Å². The Labute approximate surface area is 146 Å². The lowest BCUT2D eigenvalue weighted by atomic mass is 9.74. The molecule has 0 rings (SSSR count). The lowest BCUT2D eigenvalue weighted by molar-refractivity contribution is -0.285. The number of unbranched alkanes of at least 4 members (excludes halogenated alkanes) is 5. The molecule has 0 aromatic rings.